The third kappa shape index (κ3) is 3.44. The number of carbonyl (C=O) groups is 2. The molecule has 0 fully saturated rings. The number of benzene rings is 1. The lowest BCUT2D eigenvalue weighted by Crippen LogP contribution is -2.11. The number of fused-ring (bicyclic) bond motifs is 1. The maximum Gasteiger partial charge on any atom is 0.341 e. The summed E-state index contributed by atoms with van der Waals surface area (Å²) >= 11 is 0. The van der Waals surface area contributed by atoms with Crippen LogP contribution in [0, 0.1) is 22.7 Å². The Morgan fingerprint density at radius 1 is 0.818 bits per heavy atom. The minimum Gasteiger partial charge on any atom is -0.465 e. The molecule has 4 rings (SSSR count). The molecule has 3 heterocycles. The Balaban J connectivity index is 2.23. The predicted molar refractivity (Wildman–Crippen MR) is 116 cm³/mol. The number of nitrogens with zero attached hydrogens (tertiary/aromatic N) is 5. The van der Waals surface area contributed by atoms with Crippen molar-refractivity contribution in [2.45, 2.75) is 0 Å². The monoisotopic (exact) mass is 437 g/mol. The van der Waals surface area contributed by atoms with E-state index in [9.17, 15) is 20.1 Å². The molecule has 0 radical (unpaired) electrons. The molecule has 160 valence electrons. The van der Waals surface area contributed by atoms with Crippen LogP contribution in [0.25, 0.3) is 28.2 Å². The van der Waals surface area contributed by atoms with Gasteiger partial charge in [0, 0.05) is 11.8 Å². The molecule has 4 aromatic rings. The maximum absolute atomic E-state index is 12.9. The van der Waals surface area contributed by atoms with Crippen LogP contribution in [-0.4, -0.2) is 40.5 Å². The van der Waals surface area contributed by atoms with E-state index in [0.29, 0.717) is 11.1 Å². The summed E-state index contributed by atoms with van der Waals surface area (Å²) in [6.07, 6.45) is 1.64. The molecule has 0 spiro atoms. The van der Waals surface area contributed by atoms with Crippen LogP contribution in [0.3, 0.4) is 0 Å². The molecule has 0 amide bonds. The van der Waals surface area contributed by atoms with Gasteiger partial charge in [0.1, 0.15) is 29.0 Å². The normalized spacial score (nSPS) is 10.3. The molecule has 0 bridgehead atoms. The van der Waals surface area contributed by atoms with E-state index in [2.05, 4.69) is 9.97 Å². The maximum atomic E-state index is 12.9. The van der Waals surface area contributed by atoms with E-state index in [1.54, 1.807) is 53.1 Å². The van der Waals surface area contributed by atoms with Crippen molar-refractivity contribution < 1.29 is 19.1 Å². The molecule has 0 aliphatic rings. The Kier molecular flexibility index (Phi) is 5.54. The number of rotatable bonds is 4. The second-order valence-corrected chi connectivity index (χ2v) is 6.75. The molecule has 0 unspecified atom stereocenters. The van der Waals surface area contributed by atoms with Gasteiger partial charge in [0.25, 0.3) is 0 Å². The molecule has 0 saturated carbocycles. The first-order valence-corrected chi connectivity index (χ1v) is 9.63. The molecule has 0 atom stereocenters. The van der Waals surface area contributed by atoms with Gasteiger partial charge in [-0.3, -0.25) is 0 Å². The first-order valence-electron chi connectivity index (χ1n) is 9.63. The quantitative estimate of drug-likeness (QED) is 0.444. The van der Waals surface area contributed by atoms with Gasteiger partial charge in [0.2, 0.25) is 0 Å². The third-order valence-corrected chi connectivity index (χ3v) is 5.00. The summed E-state index contributed by atoms with van der Waals surface area (Å²) in [6.45, 7) is 0. The summed E-state index contributed by atoms with van der Waals surface area (Å²) in [4.78, 5) is 34.4. The van der Waals surface area contributed by atoms with E-state index in [1.165, 1.54) is 14.2 Å². The largest absolute Gasteiger partial charge is 0.465 e. The Morgan fingerprint density at radius 2 is 1.39 bits per heavy atom. The highest BCUT2D eigenvalue weighted by atomic mass is 16.5. The molecule has 0 N–H and O–H groups in total. The Bertz CT molecular complexity index is 1490. The number of pyridine rings is 1. The third-order valence-electron chi connectivity index (χ3n) is 5.00. The zero-order valence-corrected chi connectivity index (χ0v) is 17.6. The van der Waals surface area contributed by atoms with Crippen molar-refractivity contribution in [2.75, 3.05) is 14.2 Å². The minimum absolute atomic E-state index is 0.0105. The molecule has 0 aliphatic carbocycles. The smallest absolute Gasteiger partial charge is 0.341 e. The zero-order valence-electron chi connectivity index (χ0n) is 17.6. The van der Waals surface area contributed by atoms with E-state index < -0.39 is 11.9 Å². The van der Waals surface area contributed by atoms with E-state index in [0.717, 1.165) is 0 Å². The molecule has 9 heteroatoms. The minimum atomic E-state index is -0.794. The molecule has 33 heavy (non-hydrogen) atoms. The number of hydrogen-bond acceptors (Lipinski definition) is 8. The van der Waals surface area contributed by atoms with E-state index in [-0.39, 0.29) is 39.6 Å². The van der Waals surface area contributed by atoms with Crippen molar-refractivity contribution >= 4 is 17.5 Å². The fourth-order valence-corrected chi connectivity index (χ4v) is 3.60. The molecule has 0 saturated heterocycles. The van der Waals surface area contributed by atoms with Crippen molar-refractivity contribution in [3.05, 3.63) is 77.2 Å². The van der Waals surface area contributed by atoms with Gasteiger partial charge in [-0.05, 0) is 12.1 Å². The predicted octanol–water partition coefficient (Wildman–Crippen LogP) is 3.38. The summed E-state index contributed by atoms with van der Waals surface area (Å²) < 4.78 is 11.5. The summed E-state index contributed by atoms with van der Waals surface area (Å²) in [5.41, 5.74) is 1.09. The van der Waals surface area contributed by atoms with Gasteiger partial charge in [-0.25, -0.2) is 19.6 Å². The van der Waals surface area contributed by atoms with Crippen molar-refractivity contribution in [1.82, 2.24) is 14.4 Å². The topological polar surface area (TPSA) is 130 Å². The van der Waals surface area contributed by atoms with Gasteiger partial charge in [0.15, 0.2) is 11.4 Å². The van der Waals surface area contributed by atoms with Crippen molar-refractivity contribution in [2.24, 2.45) is 0 Å². The van der Waals surface area contributed by atoms with E-state index >= 15 is 0 Å². The molecule has 9 nitrogen and oxygen atoms in total. The van der Waals surface area contributed by atoms with Crippen LogP contribution in [-0.2, 0) is 9.47 Å². The number of hydrogen-bond donors (Lipinski definition) is 0. The first-order chi connectivity index (χ1) is 16.0. The van der Waals surface area contributed by atoms with Gasteiger partial charge in [-0.15, -0.1) is 0 Å². The lowest BCUT2D eigenvalue weighted by atomic mass is 10.0. The van der Waals surface area contributed by atoms with Crippen LogP contribution < -0.4 is 0 Å². The zero-order chi connectivity index (χ0) is 23.5. The number of methoxy groups -OCH3 is 2. The molecule has 3 aromatic heterocycles. The van der Waals surface area contributed by atoms with Crippen molar-refractivity contribution in [3.8, 4) is 34.8 Å². The first kappa shape index (κ1) is 21.2. The lowest BCUT2D eigenvalue weighted by molar-refractivity contribution is 0.0558. The van der Waals surface area contributed by atoms with E-state index in [1.807, 2.05) is 18.2 Å². The summed E-state index contributed by atoms with van der Waals surface area (Å²) in [7, 11) is 2.40. The fraction of sp³-hybridized carbons (Fsp3) is 0.0833. The van der Waals surface area contributed by atoms with Gasteiger partial charge in [-0.1, -0.05) is 36.4 Å². The van der Waals surface area contributed by atoms with Crippen molar-refractivity contribution in [1.29, 1.82) is 10.5 Å². The van der Waals surface area contributed by atoms with Crippen LogP contribution in [0.2, 0.25) is 0 Å². The molecule has 1 aromatic carbocycles. The lowest BCUT2D eigenvalue weighted by Gasteiger charge is -2.12. The van der Waals surface area contributed by atoms with Crippen LogP contribution >= 0.6 is 0 Å². The number of carbonyl (C=O) groups excluding carboxylic acids is 2. The van der Waals surface area contributed by atoms with Crippen molar-refractivity contribution in [3.63, 3.8) is 0 Å². The number of esters is 2. The van der Waals surface area contributed by atoms with Crippen LogP contribution in [0.1, 0.15) is 32.1 Å². The summed E-state index contributed by atoms with van der Waals surface area (Å²) in [5, 5.41) is 19.1. The second-order valence-electron chi connectivity index (χ2n) is 6.75. The average Bonchev–Trinajstić information content (AvgIpc) is 3.22. The Labute approximate surface area is 188 Å². The van der Waals surface area contributed by atoms with Crippen LogP contribution in [0.4, 0.5) is 0 Å². The van der Waals surface area contributed by atoms with Gasteiger partial charge in [0.05, 0.1) is 31.1 Å². The average molecular weight is 437 g/mol. The SMILES string of the molecule is COC(=O)c1c(C(=O)OC)c2ccccn2c1-c1nc(C#N)c(C#N)nc1-c1ccccc1. The second kappa shape index (κ2) is 8.61. The highest BCUT2D eigenvalue weighted by Gasteiger charge is 2.32. The van der Waals surface area contributed by atoms with Gasteiger partial charge < -0.3 is 13.9 Å². The summed E-state index contributed by atoms with van der Waals surface area (Å²) in [5.74, 6) is -1.54. The fourth-order valence-electron chi connectivity index (χ4n) is 3.60. The molecule has 0 aliphatic heterocycles. The Morgan fingerprint density at radius 3 is 2.00 bits per heavy atom. The summed E-state index contributed by atoms with van der Waals surface area (Å²) in [6, 6.07) is 17.7. The highest BCUT2D eigenvalue weighted by molar-refractivity contribution is 6.13. The number of ether oxygens (including phenoxy) is 2. The van der Waals surface area contributed by atoms with Gasteiger partial charge in [-0.2, -0.15) is 10.5 Å². The number of aromatic nitrogens is 3. The molecular formula is C24H15N5O4. The Hall–Kier alpha value is -5.02. The van der Waals surface area contributed by atoms with E-state index in [4.69, 9.17) is 9.47 Å². The molecular weight excluding hydrogens is 422 g/mol. The standard InChI is InChI=1S/C24H15N5O4/c1-32-23(30)18-17-10-6-7-11-29(17)22(19(18)24(31)33-2)21-20(14-8-4-3-5-9-14)27-15(12-25)16(13-26)28-21/h3-11H,1-2H3. The van der Waals surface area contributed by atoms with Gasteiger partial charge >= 0.3 is 11.9 Å². The van der Waals surface area contributed by atoms with Crippen LogP contribution in [0.5, 0.6) is 0 Å². The number of nitriles is 2. The highest BCUT2D eigenvalue weighted by Crippen LogP contribution is 2.37. The van der Waals surface area contributed by atoms with Crippen LogP contribution in [0.15, 0.2) is 54.7 Å².